The molecule has 0 aliphatic carbocycles. The lowest BCUT2D eigenvalue weighted by Crippen LogP contribution is -1.98. The summed E-state index contributed by atoms with van der Waals surface area (Å²) >= 11 is 1.64. The van der Waals surface area contributed by atoms with Gasteiger partial charge in [0, 0.05) is 17.0 Å². The van der Waals surface area contributed by atoms with Crippen LogP contribution in [0.5, 0.6) is 0 Å². The van der Waals surface area contributed by atoms with Crippen molar-refractivity contribution in [2.45, 2.75) is 29.9 Å². The third-order valence-corrected chi connectivity index (χ3v) is 4.29. The maximum atomic E-state index is 10.7. The van der Waals surface area contributed by atoms with Gasteiger partial charge in [-0.15, -0.1) is 0 Å². The molecule has 3 nitrogen and oxygen atoms in total. The summed E-state index contributed by atoms with van der Waals surface area (Å²) in [5.41, 5.74) is 2.89. The van der Waals surface area contributed by atoms with Crippen LogP contribution in [0.2, 0.25) is 0 Å². The van der Waals surface area contributed by atoms with Crippen LogP contribution in [-0.2, 0) is 6.54 Å². The SMILES string of the molecule is CCCn1c(Sc2ccc(C=O)cc2)nc2ccccc21. The van der Waals surface area contributed by atoms with E-state index in [1.54, 1.807) is 11.8 Å². The van der Waals surface area contributed by atoms with E-state index in [1.165, 1.54) is 5.52 Å². The number of rotatable bonds is 5. The standard InChI is InChI=1S/C17H16N2OS/c1-2-11-19-16-6-4-3-5-15(16)18-17(19)21-14-9-7-13(12-20)8-10-14/h3-10,12H,2,11H2,1H3. The first-order valence-corrected chi connectivity index (χ1v) is 7.82. The smallest absolute Gasteiger partial charge is 0.173 e. The molecule has 0 saturated carbocycles. The highest BCUT2D eigenvalue weighted by atomic mass is 32.2. The Morgan fingerprint density at radius 3 is 2.62 bits per heavy atom. The summed E-state index contributed by atoms with van der Waals surface area (Å²) < 4.78 is 2.26. The van der Waals surface area contributed by atoms with Crippen LogP contribution in [0, 0.1) is 0 Å². The van der Waals surface area contributed by atoms with Gasteiger partial charge in [-0.1, -0.05) is 43.0 Å². The zero-order valence-electron chi connectivity index (χ0n) is 11.8. The van der Waals surface area contributed by atoms with Crippen molar-refractivity contribution >= 4 is 29.1 Å². The lowest BCUT2D eigenvalue weighted by atomic mass is 10.2. The number of para-hydroxylation sites is 2. The summed E-state index contributed by atoms with van der Waals surface area (Å²) in [5, 5.41) is 0.997. The predicted molar refractivity (Wildman–Crippen MR) is 86.0 cm³/mol. The Hall–Kier alpha value is -2.07. The van der Waals surface area contributed by atoms with Crippen LogP contribution in [0.3, 0.4) is 0 Å². The summed E-state index contributed by atoms with van der Waals surface area (Å²) in [4.78, 5) is 16.5. The van der Waals surface area contributed by atoms with Gasteiger partial charge in [0.1, 0.15) is 6.29 Å². The van der Waals surface area contributed by atoms with Crippen molar-refractivity contribution in [1.29, 1.82) is 0 Å². The lowest BCUT2D eigenvalue weighted by molar-refractivity contribution is 0.112. The number of imidazole rings is 1. The molecule has 0 saturated heterocycles. The van der Waals surface area contributed by atoms with Crippen molar-refractivity contribution in [1.82, 2.24) is 9.55 Å². The summed E-state index contributed by atoms with van der Waals surface area (Å²) in [6.45, 7) is 3.12. The molecule has 0 fully saturated rings. The second-order valence-electron chi connectivity index (χ2n) is 4.82. The molecule has 0 bridgehead atoms. The monoisotopic (exact) mass is 296 g/mol. The highest BCUT2D eigenvalue weighted by Gasteiger charge is 2.11. The molecule has 3 rings (SSSR count). The van der Waals surface area contributed by atoms with Crippen molar-refractivity contribution in [2.75, 3.05) is 0 Å². The van der Waals surface area contributed by atoms with Gasteiger partial charge in [-0.2, -0.15) is 0 Å². The first-order chi connectivity index (χ1) is 10.3. The highest BCUT2D eigenvalue weighted by Crippen LogP contribution is 2.30. The molecule has 1 heterocycles. The van der Waals surface area contributed by atoms with Gasteiger partial charge in [0.2, 0.25) is 0 Å². The van der Waals surface area contributed by atoms with E-state index in [4.69, 9.17) is 4.98 Å². The summed E-state index contributed by atoms with van der Waals surface area (Å²) in [6, 6.07) is 15.8. The second-order valence-corrected chi connectivity index (χ2v) is 5.86. The van der Waals surface area contributed by atoms with E-state index >= 15 is 0 Å². The molecule has 2 aromatic carbocycles. The molecule has 0 N–H and O–H groups in total. The molecule has 0 amide bonds. The summed E-state index contributed by atoms with van der Waals surface area (Å²) in [6.07, 6.45) is 1.93. The van der Waals surface area contributed by atoms with Crippen LogP contribution < -0.4 is 0 Å². The van der Waals surface area contributed by atoms with Gasteiger partial charge in [0.15, 0.2) is 5.16 Å². The van der Waals surface area contributed by atoms with E-state index in [9.17, 15) is 4.79 Å². The molecule has 21 heavy (non-hydrogen) atoms. The summed E-state index contributed by atoms with van der Waals surface area (Å²) in [7, 11) is 0. The quantitative estimate of drug-likeness (QED) is 0.654. The molecule has 0 atom stereocenters. The average molecular weight is 296 g/mol. The number of aryl methyl sites for hydroxylation is 1. The summed E-state index contributed by atoms with van der Waals surface area (Å²) in [5.74, 6) is 0. The van der Waals surface area contributed by atoms with Gasteiger partial charge in [0.25, 0.3) is 0 Å². The number of carbonyl (C=O) groups is 1. The van der Waals surface area contributed by atoms with Gasteiger partial charge in [0.05, 0.1) is 11.0 Å². The fourth-order valence-electron chi connectivity index (χ4n) is 2.29. The third kappa shape index (κ3) is 2.85. The molecule has 0 unspecified atom stereocenters. The van der Waals surface area contributed by atoms with Crippen LogP contribution in [0.1, 0.15) is 23.7 Å². The maximum Gasteiger partial charge on any atom is 0.173 e. The number of hydrogen-bond donors (Lipinski definition) is 0. The van der Waals surface area contributed by atoms with E-state index < -0.39 is 0 Å². The van der Waals surface area contributed by atoms with Crippen molar-refractivity contribution in [3.8, 4) is 0 Å². The molecule has 0 radical (unpaired) electrons. The minimum absolute atomic E-state index is 0.696. The van der Waals surface area contributed by atoms with Crippen LogP contribution in [0.4, 0.5) is 0 Å². The van der Waals surface area contributed by atoms with Crippen LogP contribution in [0.15, 0.2) is 58.6 Å². The van der Waals surface area contributed by atoms with Gasteiger partial charge < -0.3 is 4.57 Å². The highest BCUT2D eigenvalue weighted by molar-refractivity contribution is 7.99. The molecule has 4 heteroatoms. The van der Waals surface area contributed by atoms with Gasteiger partial charge in [-0.05, 0) is 30.7 Å². The Balaban J connectivity index is 1.98. The Kier molecular flexibility index (Phi) is 4.06. The fourth-order valence-corrected chi connectivity index (χ4v) is 3.22. The zero-order valence-corrected chi connectivity index (χ0v) is 12.6. The van der Waals surface area contributed by atoms with Crippen LogP contribution >= 0.6 is 11.8 Å². The number of hydrogen-bond acceptors (Lipinski definition) is 3. The predicted octanol–water partition coefficient (Wildman–Crippen LogP) is 4.41. The largest absolute Gasteiger partial charge is 0.319 e. The van der Waals surface area contributed by atoms with E-state index in [-0.39, 0.29) is 0 Å². The molecule has 1 aromatic heterocycles. The number of aldehydes is 1. The van der Waals surface area contributed by atoms with Crippen molar-refractivity contribution < 1.29 is 4.79 Å². The number of nitrogens with zero attached hydrogens (tertiary/aromatic N) is 2. The fraction of sp³-hybridized carbons (Fsp3) is 0.176. The van der Waals surface area contributed by atoms with Crippen LogP contribution in [-0.4, -0.2) is 15.8 Å². The maximum absolute atomic E-state index is 10.7. The minimum Gasteiger partial charge on any atom is -0.319 e. The second kappa shape index (κ2) is 6.14. The van der Waals surface area contributed by atoms with Crippen LogP contribution in [0.25, 0.3) is 11.0 Å². The Labute approximate surface area is 128 Å². The first-order valence-electron chi connectivity index (χ1n) is 7.00. The topological polar surface area (TPSA) is 34.9 Å². The third-order valence-electron chi connectivity index (χ3n) is 3.29. The van der Waals surface area contributed by atoms with E-state index in [1.807, 2.05) is 42.5 Å². The van der Waals surface area contributed by atoms with Crippen molar-refractivity contribution in [2.24, 2.45) is 0 Å². The van der Waals surface area contributed by atoms with Crippen molar-refractivity contribution in [3.05, 3.63) is 54.1 Å². The number of benzene rings is 2. The lowest BCUT2D eigenvalue weighted by Gasteiger charge is -2.07. The zero-order chi connectivity index (χ0) is 14.7. The van der Waals surface area contributed by atoms with Crippen molar-refractivity contribution in [3.63, 3.8) is 0 Å². The normalized spacial score (nSPS) is 10.9. The number of fused-ring (bicyclic) bond motifs is 1. The molecule has 106 valence electrons. The molecule has 0 spiro atoms. The first kappa shape index (κ1) is 13.9. The van der Waals surface area contributed by atoms with E-state index in [2.05, 4.69) is 17.6 Å². The van der Waals surface area contributed by atoms with Gasteiger partial charge >= 0.3 is 0 Å². The number of carbonyl (C=O) groups excluding carboxylic acids is 1. The van der Waals surface area contributed by atoms with E-state index in [0.29, 0.717) is 5.56 Å². The van der Waals surface area contributed by atoms with E-state index in [0.717, 1.165) is 34.8 Å². The average Bonchev–Trinajstić information content (AvgIpc) is 2.86. The van der Waals surface area contributed by atoms with Gasteiger partial charge in [-0.25, -0.2) is 4.98 Å². The van der Waals surface area contributed by atoms with Gasteiger partial charge in [-0.3, -0.25) is 4.79 Å². The molecular weight excluding hydrogens is 280 g/mol. The Morgan fingerprint density at radius 2 is 1.90 bits per heavy atom. The molecular formula is C17H16N2OS. The Bertz CT molecular complexity index is 762. The molecule has 0 aliphatic heterocycles. The molecule has 3 aromatic rings. The molecule has 0 aliphatic rings. The number of aromatic nitrogens is 2. The Morgan fingerprint density at radius 1 is 1.14 bits per heavy atom. The minimum atomic E-state index is 0.696.